The second-order valence-corrected chi connectivity index (χ2v) is 7.03. The smallest absolute Gasteiger partial charge is 0.283 e. The van der Waals surface area contributed by atoms with Crippen molar-refractivity contribution < 1.29 is 9.53 Å². The van der Waals surface area contributed by atoms with Gasteiger partial charge in [-0.05, 0) is 35.4 Å². The van der Waals surface area contributed by atoms with E-state index in [0.717, 1.165) is 30.2 Å². The predicted molar refractivity (Wildman–Crippen MR) is 103 cm³/mol. The number of morpholine rings is 1. The topological polar surface area (TPSA) is 81.3 Å². The number of hydrazone groups is 1. The monoisotopic (exact) mass is 369 g/mol. The number of aryl methyl sites for hydroxylation is 1. The summed E-state index contributed by atoms with van der Waals surface area (Å²) in [6.45, 7) is 4.91. The van der Waals surface area contributed by atoms with Crippen molar-refractivity contribution in [3.63, 3.8) is 0 Å². The van der Waals surface area contributed by atoms with Crippen LogP contribution in [0.5, 0.6) is 0 Å². The van der Waals surface area contributed by atoms with Crippen LogP contribution in [0, 0.1) is 5.41 Å². The first-order valence-corrected chi connectivity index (χ1v) is 9.39. The molecule has 134 valence electrons. The molecule has 0 saturated carbocycles. The van der Waals surface area contributed by atoms with Crippen molar-refractivity contribution in [1.29, 1.82) is 5.41 Å². The molecule has 1 aromatic carbocycles. The van der Waals surface area contributed by atoms with Crippen molar-refractivity contribution in [2.24, 2.45) is 10.1 Å². The molecule has 1 fully saturated rings. The quantitative estimate of drug-likeness (QED) is 0.808. The fourth-order valence-corrected chi connectivity index (χ4v) is 3.83. The number of nitrogens with one attached hydrogen (secondary N) is 1. The first-order chi connectivity index (χ1) is 12.7. The van der Waals surface area contributed by atoms with Crippen LogP contribution in [0.2, 0.25) is 0 Å². The lowest BCUT2D eigenvalue weighted by Gasteiger charge is -2.26. The number of amides is 1. The Balaban J connectivity index is 1.60. The van der Waals surface area contributed by atoms with Crippen LogP contribution in [-0.2, 0) is 16.0 Å². The zero-order chi connectivity index (χ0) is 18.1. The average Bonchev–Trinajstić information content (AvgIpc) is 3.10. The Bertz CT molecular complexity index is 838. The number of fused-ring (bicyclic) bond motifs is 1. The molecule has 0 spiro atoms. The highest BCUT2D eigenvalue weighted by Gasteiger charge is 2.37. The second kappa shape index (κ2) is 7.05. The maximum Gasteiger partial charge on any atom is 0.283 e. The average molecular weight is 369 g/mol. The van der Waals surface area contributed by atoms with Gasteiger partial charge in [0.05, 0.1) is 18.8 Å². The van der Waals surface area contributed by atoms with Crippen LogP contribution in [0.1, 0.15) is 18.1 Å². The Labute approximate surface area is 155 Å². The van der Waals surface area contributed by atoms with Crippen molar-refractivity contribution in [1.82, 2.24) is 9.91 Å². The number of carbonyl (C=O) groups is 1. The fourth-order valence-electron chi connectivity index (χ4n) is 2.88. The molecule has 3 aliphatic heterocycles. The number of aliphatic imine (C=N–C) groups is 1. The summed E-state index contributed by atoms with van der Waals surface area (Å²) in [5.74, 6) is -0.331. The van der Waals surface area contributed by atoms with E-state index >= 15 is 0 Å². The van der Waals surface area contributed by atoms with Gasteiger partial charge in [-0.15, -0.1) is 5.10 Å². The van der Waals surface area contributed by atoms with Crippen molar-refractivity contribution in [2.75, 3.05) is 26.3 Å². The number of amidine groups is 3. The van der Waals surface area contributed by atoms with Gasteiger partial charge in [0.25, 0.3) is 5.91 Å². The van der Waals surface area contributed by atoms with Crippen LogP contribution in [-0.4, -0.2) is 58.3 Å². The molecule has 0 radical (unpaired) electrons. The maximum absolute atomic E-state index is 12.4. The summed E-state index contributed by atoms with van der Waals surface area (Å²) < 4.78 is 5.36. The molecule has 1 saturated heterocycles. The minimum Gasteiger partial charge on any atom is -0.378 e. The third-order valence-corrected chi connectivity index (χ3v) is 5.39. The van der Waals surface area contributed by atoms with Gasteiger partial charge in [0, 0.05) is 13.1 Å². The highest BCUT2D eigenvalue weighted by Crippen LogP contribution is 2.29. The number of benzene rings is 1. The summed E-state index contributed by atoms with van der Waals surface area (Å²) in [6.07, 6.45) is 2.67. The van der Waals surface area contributed by atoms with E-state index < -0.39 is 5.91 Å². The number of nitrogens with zero attached hydrogens (tertiary/aromatic N) is 4. The highest BCUT2D eigenvalue weighted by molar-refractivity contribution is 8.26. The number of rotatable bonds is 2. The van der Waals surface area contributed by atoms with E-state index in [2.05, 4.69) is 21.9 Å². The molecule has 3 aliphatic rings. The molecule has 0 aromatic heterocycles. The largest absolute Gasteiger partial charge is 0.378 e. The van der Waals surface area contributed by atoms with Gasteiger partial charge in [-0.25, -0.2) is 0 Å². The zero-order valence-corrected chi connectivity index (χ0v) is 15.3. The fraction of sp³-hybridized carbons (Fsp3) is 0.333. The molecule has 0 unspecified atom stereocenters. The zero-order valence-electron chi connectivity index (χ0n) is 14.4. The Morgan fingerprint density at radius 2 is 1.96 bits per heavy atom. The van der Waals surface area contributed by atoms with E-state index in [9.17, 15) is 4.79 Å². The van der Waals surface area contributed by atoms with E-state index in [0.29, 0.717) is 18.4 Å². The van der Waals surface area contributed by atoms with Gasteiger partial charge in [0.1, 0.15) is 0 Å². The first kappa shape index (κ1) is 17.0. The number of thioether (sulfide) groups is 1. The number of hydrogen-bond acceptors (Lipinski definition) is 6. The lowest BCUT2D eigenvalue weighted by molar-refractivity contribution is -0.114. The Kier molecular flexibility index (Phi) is 4.60. The summed E-state index contributed by atoms with van der Waals surface area (Å²) >= 11 is 1.33. The minimum atomic E-state index is -0.397. The van der Waals surface area contributed by atoms with E-state index in [1.807, 2.05) is 24.3 Å². The molecule has 1 N–H and O–H groups in total. The maximum atomic E-state index is 12.4. The van der Waals surface area contributed by atoms with Crippen molar-refractivity contribution in [3.05, 3.63) is 41.0 Å². The Hall–Kier alpha value is -2.45. The normalized spacial score (nSPS) is 21.8. The van der Waals surface area contributed by atoms with Gasteiger partial charge >= 0.3 is 0 Å². The number of ether oxygens (including phenoxy) is 1. The van der Waals surface area contributed by atoms with Crippen LogP contribution < -0.4 is 0 Å². The van der Waals surface area contributed by atoms with Crippen molar-refractivity contribution in [2.45, 2.75) is 13.3 Å². The first-order valence-electron chi connectivity index (χ1n) is 8.57. The van der Waals surface area contributed by atoms with E-state index in [4.69, 9.17) is 10.1 Å². The summed E-state index contributed by atoms with van der Waals surface area (Å²) in [5, 5.41) is 15.6. The van der Waals surface area contributed by atoms with E-state index in [1.165, 1.54) is 22.3 Å². The lowest BCUT2D eigenvalue weighted by atomic mass is 10.1. The van der Waals surface area contributed by atoms with Gasteiger partial charge in [-0.1, -0.05) is 31.2 Å². The molecule has 0 atom stereocenters. The summed E-state index contributed by atoms with van der Waals surface area (Å²) in [6, 6.07) is 7.95. The lowest BCUT2D eigenvalue weighted by Crippen LogP contribution is -2.39. The molecule has 26 heavy (non-hydrogen) atoms. The predicted octanol–water partition coefficient (Wildman–Crippen LogP) is 2.16. The third-order valence-electron chi connectivity index (χ3n) is 4.42. The standard InChI is InChI=1S/C18H19N5O2S/c1-2-12-3-5-13(6-4-12)11-14-15(19)23-17(20-16(14)24)26-18(21-23)22-7-9-25-10-8-22/h3-6,11,19H,2,7-10H2,1H3/b14-11-,19-15?. The molecule has 4 rings (SSSR count). The van der Waals surface area contributed by atoms with Gasteiger partial charge in [0.15, 0.2) is 11.0 Å². The van der Waals surface area contributed by atoms with Gasteiger partial charge in [-0.3, -0.25) is 10.2 Å². The van der Waals surface area contributed by atoms with Gasteiger partial charge in [0.2, 0.25) is 5.17 Å². The number of hydrogen-bond donors (Lipinski definition) is 1. The van der Waals surface area contributed by atoms with Gasteiger partial charge in [-0.2, -0.15) is 10.0 Å². The minimum absolute atomic E-state index is 0.0651. The van der Waals surface area contributed by atoms with Crippen LogP contribution in [0.25, 0.3) is 6.08 Å². The van der Waals surface area contributed by atoms with Crippen LogP contribution in [0.3, 0.4) is 0 Å². The summed E-state index contributed by atoms with van der Waals surface area (Å²) in [7, 11) is 0. The SMILES string of the molecule is CCc1ccc(/C=C2/C(=N)N3N=C(N4CCOCC4)SC3=NC2=O)cc1. The Morgan fingerprint density at radius 1 is 1.23 bits per heavy atom. The van der Waals surface area contributed by atoms with Crippen LogP contribution in [0.4, 0.5) is 0 Å². The van der Waals surface area contributed by atoms with Gasteiger partial charge < -0.3 is 9.64 Å². The molecule has 0 bridgehead atoms. The van der Waals surface area contributed by atoms with Crippen molar-refractivity contribution in [3.8, 4) is 0 Å². The molecule has 3 heterocycles. The molecule has 8 heteroatoms. The van der Waals surface area contributed by atoms with Crippen LogP contribution >= 0.6 is 11.8 Å². The summed E-state index contributed by atoms with van der Waals surface area (Å²) in [5.41, 5.74) is 2.36. The third kappa shape index (κ3) is 3.17. The molecule has 1 amide bonds. The van der Waals surface area contributed by atoms with Crippen molar-refractivity contribution >= 4 is 39.9 Å². The molecular weight excluding hydrogens is 350 g/mol. The van der Waals surface area contributed by atoms with E-state index in [-0.39, 0.29) is 11.4 Å². The molecule has 1 aromatic rings. The molecule has 0 aliphatic carbocycles. The molecule has 7 nitrogen and oxygen atoms in total. The Morgan fingerprint density at radius 3 is 2.65 bits per heavy atom. The summed E-state index contributed by atoms with van der Waals surface area (Å²) in [4.78, 5) is 18.7. The second-order valence-electron chi connectivity index (χ2n) is 6.10. The highest BCUT2D eigenvalue weighted by atomic mass is 32.2. The molecular formula is C18H19N5O2S. The van der Waals surface area contributed by atoms with E-state index in [1.54, 1.807) is 6.08 Å². The number of carbonyl (C=O) groups excluding carboxylic acids is 1. The van der Waals surface area contributed by atoms with Crippen LogP contribution in [0.15, 0.2) is 39.9 Å².